The van der Waals surface area contributed by atoms with Crippen LogP contribution in [0.2, 0.25) is 0 Å². The third-order valence-electron chi connectivity index (χ3n) is 3.78. The maximum absolute atomic E-state index is 9.58. The zero-order chi connectivity index (χ0) is 13.8. The molecule has 1 fully saturated rings. The predicted octanol–water partition coefficient (Wildman–Crippen LogP) is 3.46. The molecule has 0 aliphatic heterocycles. The summed E-state index contributed by atoms with van der Waals surface area (Å²) in [6, 6.07) is 23.4. The van der Waals surface area contributed by atoms with Crippen LogP contribution in [0.4, 0.5) is 0 Å². The SMILES string of the molecule is N#CC(NC1CC1)C(c1ccccc1)c1ccccc1. The maximum Gasteiger partial charge on any atom is 0.106 e. The second kappa shape index (κ2) is 5.90. The van der Waals surface area contributed by atoms with Gasteiger partial charge in [-0.1, -0.05) is 60.7 Å². The molecule has 2 aromatic rings. The topological polar surface area (TPSA) is 35.8 Å². The number of nitrogens with zero attached hydrogens (tertiary/aromatic N) is 1. The smallest absolute Gasteiger partial charge is 0.106 e. The van der Waals surface area contributed by atoms with Crippen molar-refractivity contribution in [2.45, 2.75) is 30.8 Å². The molecule has 0 radical (unpaired) electrons. The Morgan fingerprint density at radius 1 is 0.900 bits per heavy atom. The molecule has 1 aliphatic rings. The average molecular weight is 262 g/mol. The van der Waals surface area contributed by atoms with Crippen LogP contribution in [0.15, 0.2) is 60.7 Å². The number of rotatable bonds is 5. The van der Waals surface area contributed by atoms with Crippen LogP contribution in [0.1, 0.15) is 29.9 Å². The first-order valence-corrected chi connectivity index (χ1v) is 7.14. The molecule has 1 N–H and O–H groups in total. The van der Waals surface area contributed by atoms with Gasteiger partial charge in [-0.15, -0.1) is 0 Å². The van der Waals surface area contributed by atoms with Gasteiger partial charge in [0, 0.05) is 12.0 Å². The molecule has 2 aromatic carbocycles. The lowest BCUT2D eigenvalue weighted by Crippen LogP contribution is -2.35. The first-order chi connectivity index (χ1) is 9.88. The van der Waals surface area contributed by atoms with Gasteiger partial charge in [-0.3, -0.25) is 5.32 Å². The summed E-state index contributed by atoms with van der Waals surface area (Å²) in [4.78, 5) is 0. The lowest BCUT2D eigenvalue weighted by atomic mass is 9.85. The molecule has 1 atom stereocenters. The van der Waals surface area contributed by atoms with Crippen molar-refractivity contribution in [3.8, 4) is 6.07 Å². The van der Waals surface area contributed by atoms with Gasteiger partial charge in [-0.2, -0.15) is 5.26 Å². The Balaban J connectivity index is 1.96. The third-order valence-corrected chi connectivity index (χ3v) is 3.78. The Morgan fingerprint density at radius 3 is 1.80 bits per heavy atom. The highest BCUT2D eigenvalue weighted by molar-refractivity contribution is 5.36. The van der Waals surface area contributed by atoms with Crippen molar-refractivity contribution in [2.24, 2.45) is 0 Å². The highest BCUT2D eigenvalue weighted by Gasteiger charge is 2.30. The highest BCUT2D eigenvalue weighted by Crippen LogP contribution is 2.30. The molecule has 0 amide bonds. The monoisotopic (exact) mass is 262 g/mol. The first kappa shape index (κ1) is 12.9. The van der Waals surface area contributed by atoms with Gasteiger partial charge < -0.3 is 0 Å². The number of benzene rings is 2. The van der Waals surface area contributed by atoms with Crippen LogP contribution in [-0.2, 0) is 0 Å². The van der Waals surface area contributed by atoms with E-state index in [2.05, 4.69) is 35.7 Å². The first-order valence-electron chi connectivity index (χ1n) is 7.14. The van der Waals surface area contributed by atoms with E-state index in [1.807, 2.05) is 36.4 Å². The van der Waals surface area contributed by atoms with E-state index < -0.39 is 0 Å². The number of nitrogens with one attached hydrogen (secondary N) is 1. The van der Waals surface area contributed by atoms with Crippen LogP contribution in [0.25, 0.3) is 0 Å². The molecule has 0 saturated heterocycles. The van der Waals surface area contributed by atoms with Gasteiger partial charge in [0.15, 0.2) is 0 Å². The minimum Gasteiger partial charge on any atom is -0.298 e. The van der Waals surface area contributed by atoms with Crippen molar-refractivity contribution in [3.05, 3.63) is 71.8 Å². The largest absolute Gasteiger partial charge is 0.298 e. The van der Waals surface area contributed by atoms with E-state index >= 15 is 0 Å². The van der Waals surface area contributed by atoms with E-state index in [9.17, 15) is 5.26 Å². The summed E-state index contributed by atoms with van der Waals surface area (Å²) in [6.07, 6.45) is 2.38. The van der Waals surface area contributed by atoms with Crippen molar-refractivity contribution in [3.63, 3.8) is 0 Å². The van der Waals surface area contributed by atoms with E-state index in [1.165, 1.54) is 24.0 Å². The van der Waals surface area contributed by atoms with Crippen LogP contribution in [0.5, 0.6) is 0 Å². The zero-order valence-corrected chi connectivity index (χ0v) is 11.4. The van der Waals surface area contributed by atoms with E-state index in [-0.39, 0.29) is 12.0 Å². The normalized spacial score (nSPS) is 15.8. The lowest BCUT2D eigenvalue weighted by molar-refractivity contribution is 0.546. The minimum atomic E-state index is -0.174. The second-order valence-electron chi connectivity index (χ2n) is 5.35. The number of nitriles is 1. The van der Waals surface area contributed by atoms with Crippen molar-refractivity contribution >= 4 is 0 Å². The molecule has 1 saturated carbocycles. The van der Waals surface area contributed by atoms with Crippen molar-refractivity contribution in [1.82, 2.24) is 5.32 Å². The fourth-order valence-corrected chi connectivity index (χ4v) is 2.61. The molecular formula is C18H18N2. The summed E-state index contributed by atoms with van der Waals surface area (Å²) in [6.45, 7) is 0. The Bertz CT molecular complexity index is 542. The summed E-state index contributed by atoms with van der Waals surface area (Å²) in [5.41, 5.74) is 2.39. The number of hydrogen-bond acceptors (Lipinski definition) is 2. The zero-order valence-electron chi connectivity index (χ0n) is 11.4. The summed E-state index contributed by atoms with van der Waals surface area (Å²) in [7, 11) is 0. The van der Waals surface area contributed by atoms with Crippen LogP contribution in [-0.4, -0.2) is 12.1 Å². The number of hydrogen-bond donors (Lipinski definition) is 1. The van der Waals surface area contributed by atoms with Gasteiger partial charge in [-0.05, 0) is 24.0 Å². The molecule has 3 rings (SSSR count). The molecular weight excluding hydrogens is 244 g/mol. The highest BCUT2D eigenvalue weighted by atomic mass is 15.0. The van der Waals surface area contributed by atoms with E-state index in [0.717, 1.165) is 0 Å². The van der Waals surface area contributed by atoms with Crippen molar-refractivity contribution < 1.29 is 0 Å². The van der Waals surface area contributed by atoms with Gasteiger partial charge in [0.05, 0.1) is 6.07 Å². The van der Waals surface area contributed by atoms with Crippen molar-refractivity contribution in [1.29, 1.82) is 5.26 Å². The minimum absolute atomic E-state index is 0.0861. The van der Waals surface area contributed by atoms with Gasteiger partial charge in [0.2, 0.25) is 0 Å². The van der Waals surface area contributed by atoms with Crippen molar-refractivity contribution in [2.75, 3.05) is 0 Å². The standard InChI is InChI=1S/C18H18N2/c19-13-17(20-16-11-12-16)18(14-7-3-1-4-8-14)15-9-5-2-6-10-15/h1-10,16-18,20H,11-12H2. The molecule has 0 heterocycles. The molecule has 2 heteroatoms. The van der Waals surface area contributed by atoms with E-state index in [1.54, 1.807) is 0 Å². The molecule has 20 heavy (non-hydrogen) atoms. The average Bonchev–Trinajstić information content (AvgIpc) is 3.33. The lowest BCUT2D eigenvalue weighted by Gasteiger charge is -2.24. The Hall–Kier alpha value is -2.11. The molecule has 0 aromatic heterocycles. The van der Waals surface area contributed by atoms with Crippen LogP contribution in [0.3, 0.4) is 0 Å². The van der Waals surface area contributed by atoms with E-state index in [0.29, 0.717) is 6.04 Å². The second-order valence-corrected chi connectivity index (χ2v) is 5.35. The fraction of sp³-hybridized carbons (Fsp3) is 0.278. The molecule has 100 valence electrons. The van der Waals surface area contributed by atoms with E-state index in [4.69, 9.17) is 0 Å². The molecule has 0 spiro atoms. The predicted molar refractivity (Wildman–Crippen MR) is 80.3 cm³/mol. The Kier molecular flexibility index (Phi) is 3.80. The summed E-state index contributed by atoms with van der Waals surface area (Å²) in [5.74, 6) is 0.0861. The van der Waals surface area contributed by atoms with Gasteiger partial charge in [-0.25, -0.2) is 0 Å². The van der Waals surface area contributed by atoms with Gasteiger partial charge in [0.1, 0.15) is 6.04 Å². The van der Waals surface area contributed by atoms with Crippen LogP contribution >= 0.6 is 0 Å². The van der Waals surface area contributed by atoms with Gasteiger partial charge >= 0.3 is 0 Å². The van der Waals surface area contributed by atoms with Gasteiger partial charge in [0.25, 0.3) is 0 Å². The summed E-state index contributed by atoms with van der Waals surface area (Å²) >= 11 is 0. The van der Waals surface area contributed by atoms with Crippen LogP contribution < -0.4 is 5.32 Å². The fourth-order valence-electron chi connectivity index (χ4n) is 2.61. The molecule has 1 aliphatic carbocycles. The summed E-state index contributed by atoms with van der Waals surface area (Å²) in [5, 5.41) is 13.1. The molecule has 0 bridgehead atoms. The third kappa shape index (κ3) is 2.89. The maximum atomic E-state index is 9.58. The molecule has 1 unspecified atom stereocenters. The Labute approximate surface area is 120 Å². The van der Waals surface area contributed by atoms with Crippen LogP contribution in [0, 0.1) is 11.3 Å². The Morgan fingerprint density at radius 2 is 1.40 bits per heavy atom. The quantitative estimate of drug-likeness (QED) is 0.895. The molecule has 2 nitrogen and oxygen atoms in total. The summed E-state index contributed by atoms with van der Waals surface area (Å²) < 4.78 is 0.